The minimum absolute atomic E-state index is 0.506. The molecule has 0 radical (unpaired) electrons. The normalized spacial score (nSPS) is 12.5. The zero-order valence-corrected chi connectivity index (χ0v) is 7.18. The number of aromatic nitrogens is 1. The van der Waals surface area contributed by atoms with Gasteiger partial charge < -0.3 is 4.74 Å². The molecule has 0 bridgehead atoms. The topological polar surface area (TPSA) is 45.9 Å². The van der Waals surface area contributed by atoms with Crippen molar-refractivity contribution < 1.29 is 4.74 Å². The molecule has 0 fully saturated rings. The van der Waals surface area contributed by atoms with Crippen molar-refractivity contribution in [3.8, 4) is 6.07 Å². The highest BCUT2D eigenvalue weighted by Crippen LogP contribution is 2.19. The van der Waals surface area contributed by atoms with Crippen molar-refractivity contribution >= 4 is 11.3 Å². The van der Waals surface area contributed by atoms with Crippen LogP contribution in [0.1, 0.15) is 16.8 Å². The molecule has 3 nitrogen and oxygen atoms in total. The fourth-order valence-corrected chi connectivity index (χ4v) is 1.51. The lowest BCUT2D eigenvalue weighted by atomic mass is 10.4. The van der Waals surface area contributed by atoms with Crippen LogP contribution in [0, 0.1) is 18.3 Å². The Kier molecular flexibility index (Phi) is 2.58. The summed E-state index contributed by atoms with van der Waals surface area (Å²) in [4.78, 5) is 4.12. The van der Waals surface area contributed by atoms with Gasteiger partial charge in [0.15, 0.2) is 6.10 Å². The van der Waals surface area contributed by atoms with Gasteiger partial charge in [-0.2, -0.15) is 5.26 Å². The maximum absolute atomic E-state index is 8.58. The van der Waals surface area contributed by atoms with Crippen LogP contribution in [0.5, 0.6) is 0 Å². The van der Waals surface area contributed by atoms with Gasteiger partial charge >= 0.3 is 0 Å². The molecule has 0 amide bonds. The van der Waals surface area contributed by atoms with E-state index in [0.717, 1.165) is 10.7 Å². The molecule has 58 valence electrons. The number of ether oxygens (including phenoxy) is 1. The summed E-state index contributed by atoms with van der Waals surface area (Å²) in [5, 5.41) is 11.2. The number of nitrogens with zero attached hydrogens (tertiary/aromatic N) is 2. The summed E-state index contributed by atoms with van der Waals surface area (Å²) in [6.07, 6.45) is -0.506. The zero-order chi connectivity index (χ0) is 8.27. The summed E-state index contributed by atoms with van der Waals surface area (Å²) in [7, 11) is 1.50. The van der Waals surface area contributed by atoms with E-state index in [4.69, 9.17) is 10.00 Å². The van der Waals surface area contributed by atoms with Crippen LogP contribution in [0.3, 0.4) is 0 Å². The predicted octanol–water partition coefficient (Wildman–Crippen LogP) is 1.66. The Balaban J connectivity index is 2.84. The third-order valence-corrected chi connectivity index (χ3v) is 2.22. The number of hydrogen-bond acceptors (Lipinski definition) is 4. The molecular formula is C7H8N2OS. The first-order valence-corrected chi connectivity index (χ1v) is 4.00. The Hall–Kier alpha value is -0.920. The highest BCUT2D eigenvalue weighted by atomic mass is 32.1. The van der Waals surface area contributed by atoms with E-state index >= 15 is 0 Å². The molecule has 0 saturated carbocycles. The number of rotatable bonds is 2. The molecule has 0 aliphatic carbocycles. The van der Waals surface area contributed by atoms with Gasteiger partial charge in [-0.25, -0.2) is 4.98 Å². The molecule has 11 heavy (non-hydrogen) atoms. The van der Waals surface area contributed by atoms with Crippen molar-refractivity contribution in [2.75, 3.05) is 7.11 Å². The molecule has 1 rings (SSSR count). The molecular weight excluding hydrogens is 160 g/mol. The summed E-state index contributed by atoms with van der Waals surface area (Å²) >= 11 is 1.45. The van der Waals surface area contributed by atoms with Crippen LogP contribution in [0.4, 0.5) is 0 Å². The standard InChI is InChI=1S/C7H8N2OS/c1-5-4-11-7(9-5)6(3-8)10-2/h4,6H,1-2H3. The fourth-order valence-electron chi connectivity index (χ4n) is 0.701. The second kappa shape index (κ2) is 3.46. The highest BCUT2D eigenvalue weighted by molar-refractivity contribution is 7.09. The van der Waals surface area contributed by atoms with Crippen LogP contribution in [0.2, 0.25) is 0 Å². The fraction of sp³-hybridized carbons (Fsp3) is 0.429. The van der Waals surface area contributed by atoms with Gasteiger partial charge in [0, 0.05) is 18.2 Å². The molecule has 1 unspecified atom stereocenters. The van der Waals surface area contributed by atoms with E-state index < -0.39 is 6.10 Å². The van der Waals surface area contributed by atoms with Crippen LogP contribution in [0.15, 0.2) is 5.38 Å². The number of aryl methyl sites for hydroxylation is 1. The Morgan fingerprint density at radius 2 is 2.55 bits per heavy atom. The number of hydrogen-bond donors (Lipinski definition) is 0. The van der Waals surface area contributed by atoms with E-state index in [2.05, 4.69) is 4.98 Å². The van der Waals surface area contributed by atoms with Crippen LogP contribution >= 0.6 is 11.3 Å². The first-order chi connectivity index (χ1) is 5.27. The average Bonchev–Trinajstić information content (AvgIpc) is 2.39. The van der Waals surface area contributed by atoms with Gasteiger partial charge in [0.1, 0.15) is 11.1 Å². The lowest BCUT2D eigenvalue weighted by Crippen LogP contribution is -1.96. The lowest BCUT2D eigenvalue weighted by molar-refractivity contribution is 0.148. The van der Waals surface area contributed by atoms with Crippen LogP contribution < -0.4 is 0 Å². The van der Waals surface area contributed by atoms with Crippen molar-refractivity contribution in [2.24, 2.45) is 0 Å². The minimum atomic E-state index is -0.506. The van der Waals surface area contributed by atoms with Crippen molar-refractivity contribution in [2.45, 2.75) is 13.0 Å². The minimum Gasteiger partial charge on any atom is -0.359 e. The maximum Gasteiger partial charge on any atom is 0.194 e. The third-order valence-electron chi connectivity index (χ3n) is 1.21. The van der Waals surface area contributed by atoms with E-state index in [0.29, 0.717) is 0 Å². The first kappa shape index (κ1) is 8.18. The Bertz CT molecular complexity index is 276. The molecule has 0 aliphatic rings. The largest absolute Gasteiger partial charge is 0.359 e. The molecule has 0 saturated heterocycles. The summed E-state index contributed by atoms with van der Waals surface area (Å²) in [5.74, 6) is 0. The molecule has 1 aromatic rings. The van der Waals surface area contributed by atoms with E-state index in [9.17, 15) is 0 Å². The molecule has 1 aromatic heterocycles. The van der Waals surface area contributed by atoms with Crippen molar-refractivity contribution in [3.05, 3.63) is 16.1 Å². The smallest absolute Gasteiger partial charge is 0.194 e. The van der Waals surface area contributed by atoms with Gasteiger partial charge in [-0.15, -0.1) is 11.3 Å². The Morgan fingerprint density at radius 3 is 2.91 bits per heavy atom. The second-order valence-corrected chi connectivity index (χ2v) is 2.96. The number of nitriles is 1. The zero-order valence-electron chi connectivity index (χ0n) is 6.37. The summed E-state index contributed by atoms with van der Waals surface area (Å²) in [5.41, 5.74) is 0.933. The van der Waals surface area contributed by atoms with Gasteiger partial charge in [0.25, 0.3) is 0 Å². The molecule has 0 spiro atoms. The van der Waals surface area contributed by atoms with Gasteiger partial charge in [0.05, 0.1) is 0 Å². The molecule has 4 heteroatoms. The van der Waals surface area contributed by atoms with Gasteiger partial charge in [-0.05, 0) is 6.92 Å². The van der Waals surface area contributed by atoms with E-state index in [1.54, 1.807) is 0 Å². The monoisotopic (exact) mass is 168 g/mol. The second-order valence-electron chi connectivity index (χ2n) is 2.07. The molecule has 1 heterocycles. The quantitative estimate of drug-likeness (QED) is 0.674. The van der Waals surface area contributed by atoms with Crippen LogP contribution in [-0.4, -0.2) is 12.1 Å². The van der Waals surface area contributed by atoms with Crippen molar-refractivity contribution in [3.63, 3.8) is 0 Å². The predicted molar refractivity (Wildman–Crippen MR) is 42.2 cm³/mol. The van der Waals surface area contributed by atoms with Gasteiger partial charge in [0.2, 0.25) is 0 Å². The lowest BCUT2D eigenvalue weighted by Gasteiger charge is -1.99. The SMILES string of the molecule is COC(C#N)c1nc(C)cs1. The first-order valence-electron chi connectivity index (χ1n) is 3.12. The Labute approximate surface area is 69.3 Å². The summed E-state index contributed by atoms with van der Waals surface area (Å²) in [6.45, 7) is 1.89. The summed E-state index contributed by atoms with van der Waals surface area (Å²) in [6, 6.07) is 2.01. The highest BCUT2D eigenvalue weighted by Gasteiger charge is 2.11. The van der Waals surface area contributed by atoms with E-state index in [1.165, 1.54) is 18.4 Å². The van der Waals surface area contributed by atoms with Crippen molar-refractivity contribution in [1.82, 2.24) is 4.98 Å². The van der Waals surface area contributed by atoms with E-state index in [-0.39, 0.29) is 0 Å². The average molecular weight is 168 g/mol. The molecule has 0 aromatic carbocycles. The third kappa shape index (κ3) is 1.76. The molecule has 0 aliphatic heterocycles. The van der Waals surface area contributed by atoms with Gasteiger partial charge in [-0.1, -0.05) is 0 Å². The maximum atomic E-state index is 8.58. The van der Waals surface area contributed by atoms with E-state index in [1.807, 2.05) is 18.4 Å². The van der Waals surface area contributed by atoms with Crippen LogP contribution in [0.25, 0.3) is 0 Å². The van der Waals surface area contributed by atoms with Crippen molar-refractivity contribution in [1.29, 1.82) is 5.26 Å². The number of methoxy groups -OCH3 is 1. The van der Waals surface area contributed by atoms with Gasteiger partial charge in [-0.3, -0.25) is 0 Å². The van der Waals surface area contributed by atoms with Crippen LogP contribution in [-0.2, 0) is 4.74 Å². The summed E-state index contributed by atoms with van der Waals surface area (Å²) < 4.78 is 4.89. The Morgan fingerprint density at radius 1 is 1.82 bits per heavy atom. The number of thiazole rings is 1. The molecule has 0 N–H and O–H groups in total. The molecule has 1 atom stereocenters.